The Balaban J connectivity index is 2.14. The molecule has 0 saturated heterocycles. The standard InChI is InChI=1S/C9H12N6/c10-3-5-15-9(12-13-14-15)6-8-2-1-4-11-7-8/h1-2,4,7H,3,5-6,10H2. The van der Waals surface area contributed by atoms with E-state index in [1.807, 2.05) is 18.3 Å². The zero-order chi connectivity index (χ0) is 10.5. The van der Waals surface area contributed by atoms with Gasteiger partial charge in [-0.25, -0.2) is 4.68 Å². The van der Waals surface area contributed by atoms with Crippen molar-refractivity contribution in [2.45, 2.75) is 13.0 Å². The van der Waals surface area contributed by atoms with Crippen LogP contribution < -0.4 is 5.73 Å². The highest BCUT2D eigenvalue weighted by Crippen LogP contribution is 2.03. The van der Waals surface area contributed by atoms with Gasteiger partial charge in [0.05, 0.1) is 6.54 Å². The minimum atomic E-state index is 0.533. The van der Waals surface area contributed by atoms with Gasteiger partial charge in [-0.2, -0.15) is 0 Å². The molecule has 78 valence electrons. The Kier molecular flexibility index (Phi) is 2.99. The number of pyridine rings is 1. The van der Waals surface area contributed by atoms with E-state index in [0.29, 0.717) is 19.5 Å². The predicted octanol–water partition coefficient (Wildman–Crippen LogP) is -0.382. The Hall–Kier alpha value is -1.82. The van der Waals surface area contributed by atoms with Crippen LogP contribution in [0.1, 0.15) is 11.4 Å². The molecule has 0 saturated carbocycles. The molecule has 6 heteroatoms. The third kappa shape index (κ3) is 2.35. The fourth-order valence-corrected chi connectivity index (χ4v) is 1.33. The molecule has 0 amide bonds. The molecule has 0 aromatic carbocycles. The van der Waals surface area contributed by atoms with Gasteiger partial charge in [-0.1, -0.05) is 6.07 Å². The van der Waals surface area contributed by atoms with E-state index in [-0.39, 0.29) is 0 Å². The van der Waals surface area contributed by atoms with Gasteiger partial charge in [0.2, 0.25) is 0 Å². The van der Waals surface area contributed by atoms with E-state index >= 15 is 0 Å². The van der Waals surface area contributed by atoms with Crippen LogP contribution in [-0.2, 0) is 13.0 Å². The summed E-state index contributed by atoms with van der Waals surface area (Å²) in [6.45, 7) is 1.17. The topological polar surface area (TPSA) is 82.5 Å². The van der Waals surface area contributed by atoms with Crippen LogP contribution in [0.4, 0.5) is 0 Å². The van der Waals surface area contributed by atoms with Crippen LogP contribution in [0.5, 0.6) is 0 Å². The molecular formula is C9H12N6. The summed E-state index contributed by atoms with van der Waals surface area (Å²) >= 11 is 0. The second-order valence-electron chi connectivity index (χ2n) is 3.14. The third-order valence-corrected chi connectivity index (χ3v) is 2.03. The van der Waals surface area contributed by atoms with Gasteiger partial charge in [0.1, 0.15) is 0 Å². The predicted molar refractivity (Wildman–Crippen MR) is 53.9 cm³/mol. The third-order valence-electron chi connectivity index (χ3n) is 2.03. The van der Waals surface area contributed by atoms with Crippen molar-refractivity contribution in [1.29, 1.82) is 0 Å². The largest absolute Gasteiger partial charge is 0.329 e. The Morgan fingerprint density at radius 3 is 3.07 bits per heavy atom. The van der Waals surface area contributed by atoms with Gasteiger partial charge in [0, 0.05) is 25.4 Å². The van der Waals surface area contributed by atoms with Crippen LogP contribution in [0.15, 0.2) is 24.5 Å². The van der Waals surface area contributed by atoms with Crippen molar-refractivity contribution >= 4 is 0 Å². The molecule has 0 aliphatic rings. The van der Waals surface area contributed by atoms with Crippen LogP contribution >= 0.6 is 0 Å². The average molecular weight is 204 g/mol. The van der Waals surface area contributed by atoms with Gasteiger partial charge in [0.25, 0.3) is 0 Å². The highest BCUT2D eigenvalue weighted by Gasteiger charge is 2.05. The molecule has 2 aromatic heterocycles. The molecule has 6 nitrogen and oxygen atoms in total. The summed E-state index contributed by atoms with van der Waals surface area (Å²) < 4.78 is 1.72. The maximum atomic E-state index is 5.45. The van der Waals surface area contributed by atoms with Crippen molar-refractivity contribution in [1.82, 2.24) is 25.2 Å². The van der Waals surface area contributed by atoms with Crippen molar-refractivity contribution in [2.75, 3.05) is 6.54 Å². The van der Waals surface area contributed by atoms with Crippen LogP contribution in [0.25, 0.3) is 0 Å². The molecule has 0 aliphatic heterocycles. The summed E-state index contributed by atoms with van der Waals surface area (Å²) in [4.78, 5) is 4.04. The second-order valence-corrected chi connectivity index (χ2v) is 3.14. The molecule has 2 N–H and O–H groups in total. The molecule has 0 bridgehead atoms. The van der Waals surface area contributed by atoms with E-state index in [0.717, 1.165) is 11.4 Å². The van der Waals surface area contributed by atoms with Crippen molar-refractivity contribution in [2.24, 2.45) is 5.73 Å². The molecule has 0 radical (unpaired) electrons. The van der Waals surface area contributed by atoms with Crippen molar-refractivity contribution < 1.29 is 0 Å². The van der Waals surface area contributed by atoms with Crippen molar-refractivity contribution in [3.63, 3.8) is 0 Å². The van der Waals surface area contributed by atoms with Crippen LogP contribution in [-0.4, -0.2) is 31.7 Å². The second kappa shape index (κ2) is 4.61. The van der Waals surface area contributed by atoms with Crippen LogP contribution in [0.2, 0.25) is 0 Å². The van der Waals surface area contributed by atoms with E-state index in [1.54, 1.807) is 10.9 Å². The highest BCUT2D eigenvalue weighted by molar-refractivity contribution is 5.13. The first-order valence-corrected chi connectivity index (χ1v) is 4.74. The minimum Gasteiger partial charge on any atom is -0.329 e. The van der Waals surface area contributed by atoms with Gasteiger partial charge >= 0.3 is 0 Å². The summed E-state index contributed by atoms with van der Waals surface area (Å²) in [6, 6.07) is 3.89. The smallest absolute Gasteiger partial charge is 0.155 e. The fraction of sp³-hybridized carbons (Fsp3) is 0.333. The monoisotopic (exact) mass is 204 g/mol. The Bertz CT molecular complexity index is 410. The van der Waals surface area contributed by atoms with E-state index in [1.165, 1.54) is 0 Å². The zero-order valence-corrected chi connectivity index (χ0v) is 8.24. The first-order chi connectivity index (χ1) is 7.40. The number of aromatic nitrogens is 5. The lowest BCUT2D eigenvalue weighted by Crippen LogP contribution is -2.14. The number of hydrogen-bond donors (Lipinski definition) is 1. The molecular weight excluding hydrogens is 192 g/mol. The number of rotatable bonds is 4. The van der Waals surface area contributed by atoms with Crippen LogP contribution in [0.3, 0.4) is 0 Å². The average Bonchev–Trinajstić information content (AvgIpc) is 2.68. The maximum absolute atomic E-state index is 5.45. The zero-order valence-electron chi connectivity index (χ0n) is 8.24. The lowest BCUT2D eigenvalue weighted by Gasteiger charge is -2.01. The first kappa shape index (κ1) is 9.72. The Morgan fingerprint density at radius 1 is 1.40 bits per heavy atom. The minimum absolute atomic E-state index is 0.533. The fourth-order valence-electron chi connectivity index (χ4n) is 1.33. The van der Waals surface area contributed by atoms with Gasteiger partial charge in [0.15, 0.2) is 5.82 Å². The normalized spacial score (nSPS) is 10.5. The molecule has 0 spiro atoms. The van der Waals surface area contributed by atoms with Gasteiger partial charge < -0.3 is 5.73 Å². The molecule has 0 aliphatic carbocycles. The number of hydrogen-bond acceptors (Lipinski definition) is 5. The molecule has 2 rings (SSSR count). The van der Waals surface area contributed by atoms with Gasteiger partial charge in [-0.05, 0) is 22.1 Å². The lowest BCUT2D eigenvalue weighted by molar-refractivity contribution is 0.578. The SMILES string of the molecule is NCCn1nnnc1Cc1cccnc1. The lowest BCUT2D eigenvalue weighted by atomic mass is 10.2. The Labute approximate surface area is 87.1 Å². The Morgan fingerprint density at radius 2 is 2.33 bits per heavy atom. The van der Waals surface area contributed by atoms with Crippen molar-refractivity contribution in [3.05, 3.63) is 35.9 Å². The summed E-state index contributed by atoms with van der Waals surface area (Å²) in [6.07, 6.45) is 4.23. The molecule has 0 atom stereocenters. The van der Waals surface area contributed by atoms with Crippen LogP contribution in [0, 0.1) is 0 Å². The van der Waals surface area contributed by atoms with Gasteiger partial charge in [-0.3, -0.25) is 4.98 Å². The van der Waals surface area contributed by atoms with Gasteiger partial charge in [-0.15, -0.1) is 5.10 Å². The quantitative estimate of drug-likeness (QED) is 0.734. The molecule has 15 heavy (non-hydrogen) atoms. The molecule has 2 heterocycles. The number of nitrogens with zero attached hydrogens (tertiary/aromatic N) is 5. The van der Waals surface area contributed by atoms with Crippen molar-refractivity contribution in [3.8, 4) is 0 Å². The summed E-state index contributed by atoms with van der Waals surface area (Å²) in [7, 11) is 0. The molecule has 0 unspecified atom stereocenters. The maximum Gasteiger partial charge on any atom is 0.155 e. The summed E-state index contributed by atoms with van der Waals surface area (Å²) in [5, 5.41) is 11.4. The van der Waals surface area contributed by atoms with E-state index in [9.17, 15) is 0 Å². The highest BCUT2D eigenvalue weighted by atomic mass is 15.5. The van der Waals surface area contributed by atoms with E-state index in [4.69, 9.17) is 5.73 Å². The van der Waals surface area contributed by atoms with E-state index in [2.05, 4.69) is 20.5 Å². The van der Waals surface area contributed by atoms with E-state index < -0.39 is 0 Å². The number of nitrogens with two attached hydrogens (primary N) is 1. The summed E-state index contributed by atoms with van der Waals surface area (Å²) in [5.74, 6) is 0.813. The number of tetrazole rings is 1. The summed E-state index contributed by atoms with van der Waals surface area (Å²) in [5.41, 5.74) is 6.54. The molecule has 0 fully saturated rings. The molecule has 2 aromatic rings. The first-order valence-electron chi connectivity index (χ1n) is 4.74.